The van der Waals surface area contributed by atoms with Crippen molar-refractivity contribution < 1.29 is 17.6 Å². The summed E-state index contributed by atoms with van der Waals surface area (Å²) in [5, 5.41) is 0. The van der Waals surface area contributed by atoms with Gasteiger partial charge in [-0.1, -0.05) is 0 Å². The maximum atomic E-state index is 11.5. The molecule has 0 nitrogen and oxygen atoms in total. The van der Waals surface area contributed by atoms with Gasteiger partial charge in [-0.15, -0.1) is 0 Å². The lowest BCUT2D eigenvalue weighted by Crippen LogP contribution is -2.09. The SMILES string of the molecule is FC(F)CC(F)(F)I. The summed E-state index contributed by atoms with van der Waals surface area (Å²) in [6.45, 7) is 0. The van der Waals surface area contributed by atoms with Crippen LogP contribution in [0.1, 0.15) is 6.42 Å². The fourth-order valence-corrected chi connectivity index (χ4v) is 0.508. The zero-order chi connectivity index (χ0) is 6.78. The van der Waals surface area contributed by atoms with E-state index >= 15 is 0 Å². The quantitative estimate of drug-likeness (QED) is 0.396. The number of alkyl halides is 5. The van der Waals surface area contributed by atoms with Gasteiger partial charge >= 0.3 is 3.93 Å². The molecule has 0 aliphatic carbocycles. The summed E-state index contributed by atoms with van der Waals surface area (Å²) in [4.78, 5) is 0. The Kier molecular flexibility index (Phi) is 3.00. The highest BCUT2D eigenvalue weighted by Gasteiger charge is 2.28. The molecule has 0 aromatic rings. The van der Waals surface area contributed by atoms with Crippen molar-refractivity contribution in [2.75, 3.05) is 0 Å². The van der Waals surface area contributed by atoms with E-state index in [9.17, 15) is 17.6 Å². The first-order valence-corrected chi connectivity index (χ1v) is 2.84. The molecule has 0 fully saturated rings. The first kappa shape index (κ1) is 8.45. The summed E-state index contributed by atoms with van der Waals surface area (Å²) in [7, 11) is 0. The molecule has 0 spiro atoms. The predicted octanol–water partition coefficient (Wildman–Crippen LogP) is 2.67. The number of rotatable bonds is 2. The van der Waals surface area contributed by atoms with Gasteiger partial charge in [0.15, 0.2) is 0 Å². The van der Waals surface area contributed by atoms with Crippen LogP contribution in [0.15, 0.2) is 0 Å². The van der Waals surface area contributed by atoms with Gasteiger partial charge in [-0.3, -0.25) is 0 Å². The second kappa shape index (κ2) is 2.84. The maximum Gasteiger partial charge on any atom is 0.302 e. The Morgan fingerprint density at radius 2 is 1.75 bits per heavy atom. The molecule has 0 saturated heterocycles. The normalized spacial score (nSPS) is 12.8. The van der Waals surface area contributed by atoms with E-state index in [0.717, 1.165) is 0 Å². The lowest BCUT2D eigenvalue weighted by Gasteiger charge is -2.04. The van der Waals surface area contributed by atoms with Crippen molar-refractivity contribution in [1.29, 1.82) is 0 Å². The zero-order valence-electron chi connectivity index (χ0n) is 3.67. The Morgan fingerprint density at radius 3 is 1.75 bits per heavy atom. The summed E-state index contributed by atoms with van der Waals surface area (Å²) in [5.41, 5.74) is 0. The molecule has 0 saturated carbocycles. The summed E-state index contributed by atoms with van der Waals surface area (Å²) >= 11 is 0.678. The highest BCUT2D eigenvalue weighted by molar-refractivity contribution is 14.1. The van der Waals surface area contributed by atoms with Crippen molar-refractivity contribution in [3.05, 3.63) is 0 Å². The number of halogens is 5. The van der Waals surface area contributed by atoms with Crippen LogP contribution in [-0.4, -0.2) is 10.4 Å². The molecule has 0 unspecified atom stereocenters. The Hall–Kier alpha value is 0.450. The minimum Gasteiger partial charge on any atom is -0.210 e. The molecule has 0 aromatic heterocycles. The minimum atomic E-state index is -3.26. The topological polar surface area (TPSA) is 0 Å². The Balaban J connectivity index is 3.39. The highest BCUT2D eigenvalue weighted by Crippen LogP contribution is 2.29. The molecular weight excluding hydrogens is 239 g/mol. The van der Waals surface area contributed by atoms with Gasteiger partial charge in [-0.25, -0.2) is 8.78 Å². The molecule has 0 aliphatic heterocycles. The standard InChI is InChI=1S/C3H3F4I/c4-2(5)1-3(6,7)8/h2H,1H2. The van der Waals surface area contributed by atoms with Crippen LogP contribution in [0.5, 0.6) is 0 Å². The lowest BCUT2D eigenvalue weighted by molar-refractivity contribution is 0.0318. The van der Waals surface area contributed by atoms with Crippen molar-refractivity contribution in [3.63, 3.8) is 0 Å². The molecule has 0 radical (unpaired) electrons. The van der Waals surface area contributed by atoms with Crippen LogP contribution in [-0.2, 0) is 0 Å². The van der Waals surface area contributed by atoms with E-state index in [4.69, 9.17) is 0 Å². The molecule has 8 heavy (non-hydrogen) atoms. The van der Waals surface area contributed by atoms with Crippen LogP contribution in [0, 0.1) is 0 Å². The Bertz CT molecular complexity index is 66.2. The third-order valence-corrected chi connectivity index (χ3v) is 0.826. The van der Waals surface area contributed by atoms with Crippen molar-refractivity contribution >= 4 is 22.6 Å². The van der Waals surface area contributed by atoms with Gasteiger partial charge < -0.3 is 0 Å². The van der Waals surface area contributed by atoms with Gasteiger partial charge in [0.2, 0.25) is 6.43 Å². The van der Waals surface area contributed by atoms with E-state index in [-0.39, 0.29) is 0 Å². The van der Waals surface area contributed by atoms with Crippen LogP contribution < -0.4 is 0 Å². The molecule has 0 atom stereocenters. The molecule has 0 N–H and O–H groups in total. The first-order chi connectivity index (χ1) is 3.42. The van der Waals surface area contributed by atoms with Crippen LogP contribution in [0.2, 0.25) is 0 Å². The van der Waals surface area contributed by atoms with E-state index in [1.165, 1.54) is 0 Å². The summed E-state index contributed by atoms with van der Waals surface area (Å²) in [6.07, 6.45) is -4.27. The zero-order valence-corrected chi connectivity index (χ0v) is 5.83. The molecule has 0 bridgehead atoms. The van der Waals surface area contributed by atoms with E-state index < -0.39 is 16.8 Å². The fraction of sp³-hybridized carbons (Fsp3) is 1.00. The van der Waals surface area contributed by atoms with Crippen LogP contribution >= 0.6 is 22.6 Å². The lowest BCUT2D eigenvalue weighted by atomic mass is 10.5. The van der Waals surface area contributed by atoms with Crippen molar-refractivity contribution in [3.8, 4) is 0 Å². The molecule has 50 valence electrons. The van der Waals surface area contributed by atoms with Gasteiger partial charge in [0, 0.05) is 0 Å². The van der Waals surface area contributed by atoms with Crippen molar-refractivity contribution in [1.82, 2.24) is 0 Å². The van der Waals surface area contributed by atoms with Gasteiger partial charge in [0.1, 0.15) is 0 Å². The first-order valence-electron chi connectivity index (χ1n) is 1.77. The second-order valence-corrected chi connectivity index (χ2v) is 2.79. The molecule has 5 heteroatoms. The molecule has 0 aliphatic rings. The molecule has 0 amide bonds. The van der Waals surface area contributed by atoms with Gasteiger partial charge in [-0.05, 0) is 22.6 Å². The molecule has 0 heterocycles. The van der Waals surface area contributed by atoms with Crippen molar-refractivity contribution in [2.24, 2.45) is 0 Å². The van der Waals surface area contributed by atoms with Crippen LogP contribution in [0.4, 0.5) is 17.6 Å². The molecular formula is C3H3F4I. The summed E-state index contributed by atoms with van der Waals surface area (Å²) in [5.74, 6) is 0. The van der Waals surface area contributed by atoms with E-state index in [1.807, 2.05) is 0 Å². The van der Waals surface area contributed by atoms with Gasteiger partial charge in [0.25, 0.3) is 0 Å². The van der Waals surface area contributed by atoms with Gasteiger partial charge in [0.05, 0.1) is 6.42 Å². The van der Waals surface area contributed by atoms with Crippen LogP contribution in [0.3, 0.4) is 0 Å². The van der Waals surface area contributed by atoms with E-state index in [0.29, 0.717) is 22.6 Å². The second-order valence-electron chi connectivity index (χ2n) is 1.21. The smallest absolute Gasteiger partial charge is 0.210 e. The van der Waals surface area contributed by atoms with E-state index in [1.54, 1.807) is 0 Å². The molecule has 0 rings (SSSR count). The largest absolute Gasteiger partial charge is 0.302 e. The van der Waals surface area contributed by atoms with Crippen molar-refractivity contribution in [2.45, 2.75) is 16.8 Å². The number of hydrogen-bond acceptors (Lipinski definition) is 0. The predicted molar refractivity (Wildman–Crippen MR) is 29.6 cm³/mol. The Morgan fingerprint density at radius 1 is 1.38 bits per heavy atom. The third kappa shape index (κ3) is 6.45. The highest BCUT2D eigenvalue weighted by atomic mass is 127. The maximum absolute atomic E-state index is 11.5. The van der Waals surface area contributed by atoms with E-state index in [2.05, 4.69) is 0 Å². The molecule has 0 aromatic carbocycles. The number of hydrogen-bond donors (Lipinski definition) is 0. The van der Waals surface area contributed by atoms with Gasteiger partial charge in [-0.2, -0.15) is 8.78 Å². The minimum absolute atomic E-state index is 0.678. The average molecular weight is 242 g/mol. The Labute approximate surface area is 57.4 Å². The fourth-order valence-electron chi connectivity index (χ4n) is 0.175. The average Bonchev–Trinajstić information content (AvgIpc) is 1.21. The van der Waals surface area contributed by atoms with Crippen LogP contribution in [0.25, 0.3) is 0 Å². The monoisotopic (exact) mass is 242 g/mol. The third-order valence-electron chi connectivity index (χ3n) is 0.386. The summed E-state index contributed by atoms with van der Waals surface area (Å²) < 4.78 is 41.8. The summed E-state index contributed by atoms with van der Waals surface area (Å²) in [6, 6.07) is 0.